The molecule has 0 aliphatic heterocycles. The number of methoxy groups -OCH3 is 2. The number of rotatable bonds is 3. The molecule has 1 aromatic heterocycles. The fourth-order valence-electron chi connectivity index (χ4n) is 4.19. The second kappa shape index (κ2) is 7.78. The number of carbonyl (C=O) groups excluding carboxylic acids is 2. The minimum absolute atomic E-state index is 0.0960. The molecular formula is C27H19NO4. The second-order valence-electron chi connectivity index (χ2n) is 7.44. The van der Waals surface area contributed by atoms with Gasteiger partial charge in [0.2, 0.25) is 0 Å². The molecule has 5 heteroatoms. The number of aromatic nitrogens is 1. The van der Waals surface area contributed by atoms with Crippen molar-refractivity contribution in [2.45, 2.75) is 0 Å². The van der Waals surface area contributed by atoms with Gasteiger partial charge in [0, 0.05) is 10.9 Å². The molecule has 156 valence electrons. The van der Waals surface area contributed by atoms with E-state index in [4.69, 9.17) is 14.5 Å². The summed E-state index contributed by atoms with van der Waals surface area (Å²) in [7, 11) is 2.59. The van der Waals surface area contributed by atoms with Gasteiger partial charge in [0.25, 0.3) is 0 Å². The zero-order valence-corrected chi connectivity index (χ0v) is 17.6. The molecule has 0 aliphatic rings. The molecular weight excluding hydrogens is 402 g/mol. The quantitative estimate of drug-likeness (QED) is 0.210. The standard InChI is InChI=1S/C27H19NO4/c1-31-26(29)23-22-20-15-18-11-7-6-10-17(18)14-19(20)12-13-21(22)28-25(24(23)27(30)32-2)16-8-4-3-5-9-16/h3-15H,1-2H3. The number of benzene rings is 4. The third kappa shape index (κ3) is 3.06. The van der Waals surface area contributed by atoms with Gasteiger partial charge in [-0.15, -0.1) is 0 Å². The van der Waals surface area contributed by atoms with E-state index in [1.165, 1.54) is 14.2 Å². The van der Waals surface area contributed by atoms with Gasteiger partial charge >= 0.3 is 11.9 Å². The Balaban J connectivity index is 2.01. The minimum Gasteiger partial charge on any atom is -0.465 e. The van der Waals surface area contributed by atoms with E-state index in [2.05, 4.69) is 6.07 Å². The molecule has 5 rings (SSSR count). The van der Waals surface area contributed by atoms with Gasteiger partial charge in [-0.3, -0.25) is 0 Å². The van der Waals surface area contributed by atoms with Crippen molar-refractivity contribution in [3.8, 4) is 11.3 Å². The molecule has 0 spiro atoms. The van der Waals surface area contributed by atoms with Crippen LogP contribution in [0.2, 0.25) is 0 Å². The SMILES string of the molecule is COC(=O)c1c(-c2ccccc2)nc2ccc3cc4ccccc4cc3c2c1C(=O)OC. The van der Waals surface area contributed by atoms with E-state index < -0.39 is 11.9 Å². The topological polar surface area (TPSA) is 65.5 Å². The molecule has 0 saturated heterocycles. The molecule has 0 atom stereocenters. The first kappa shape index (κ1) is 19.7. The summed E-state index contributed by atoms with van der Waals surface area (Å²) < 4.78 is 10.2. The zero-order valence-electron chi connectivity index (χ0n) is 17.6. The van der Waals surface area contributed by atoms with Gasteiger partial charge in [0.1, 0.15) is 5.56 Å². The van der Waals surface area contributed by atoms with Crippen molar-refractivity contribution in [3.63, 3.8) is 0 Å². The second-order valence-corrected chi connectivity index (χ2v) is 7.44. The number of pyridine rings is 1. The number of nitrogens with zero attached hydrogens (tertiary/aromatic N) is 1. The van der Waals surface area contributed by atoms with Crippen molar-refractivity contribution >= 4 is 44.4 Å². The fraction of sp³-hybridized carbons (Fsp3) is 0.0741. The van der Waals surface area contributed by atoms with Crippen LogP contribution in [0.25, 0.3) is 43.7 Å². The van der Waals surface area contributed by atoms with Gasteiger partial charge in [-0.05, 0) is 39.7 Å². The van der Waals surface area contributed by atoms with E-state index in [-0.39, 0.29) is 11.1 Å². The molecule has 0 saturated carbocycles. The molecule has 0 amide bonds. The first-order valence-electron chi connectivity index (χ1n) is 10.1. The molecule has 5 aromatic rings. The van der Waals surface area contributed by atoms with E-state index in [1.54, 1.807) is 0 Å². The van der Waals surface area contributed by atoms with Crippen LogP contribution < -0.4 is 0 Å². The summed E-state index contributed by atoms with van der Waals surface area (Å²) in [5.41, 5.74) is 1.94. The number of hydrogen-bond donors (Lipinski definition) is 0. The predicted molar refractivity (Wildman–Crippen MR) is 125 cm³/mol. The van der Waals surface area contributed by atoms with E-state index in [0.29, 0.717) is 22.2 Å². The lowest BCUT2D eigenvalue weighted by atomic mass is 9.92. The summed E-state index contributed by atoms with van der Waals surface area (Å²) >= 11 is 0. The molecule has 0 bridgehead atoms. The van der Waals surface area contributed by atoms with E-state index >= 15 is 0 Å². The highest BCUT2D eigenvalue weighted by atomic mass is 16.5. The lowest BCUT2D eigenvalue weighted by molar-refractivity contribution is 0.0557. The van der Waals surface area contributed by atoms with E-state index in [9.17, 15) is 9.59 Å². The minimum atomic E-state index is -0.642. The average molecular weight is 421 g/mol. The Bertz CT molecular complexity index is 1520. The number of ether oxygens (including phenoxy) is 2. The Morgan fingerprint density at radius 3 is 2.00 bits per heavy atom. The molecule has 0 unspecified atom stereocenters. The van der Waals surface area contributed by atoms with Crippen LogP contribution in [0.5, 0.6) is 0 Å². The molecule has 0 aliphatic carbocycles. The van der Waals surface area contributed by atoms with E-state index in [1.807, 2.05) is 72.8 Å². The summed E-state index contributed by atoms with van der Waals surface area (Å²) in [4.78, 5) is 30.9. The summed E-state index contributed by atoms with van der Waals surface area (Å²) in [5, 5.41) is 4.43. The first-order chi connectivity index (χ1) is 15.6. The summed E-state index contributed by atoms with van der Waals surface area (Å²) in [5.74, 6) is -1.26. The van der Waals surface area contributed by atoms with Gasteiger partial charge < -0.3 is 9.47 Å². The number of fused-ring (bicyclic) bond motifs is 4. The van der Waals surface area contributed by atoms with Crippen LogP contribution in [-0.4, -0.2) is 31.1 Å². The summed E-state index contributed by atoms with van der Waals surface area (Å²) in [6, 6.07) is 25.2. The Kier molecular flexibility index (Phi) is 4.79. The number of hydrogen-bond acceptors (Lipinski definition) is 5. The maximum atomic E-state index is 13.1. The van der Waals surface area contributed by atoms with Crippen LogP contribution in [0.1, 0.15) is 20.7 Å². The zero-order chi connectivity index (χ0) is 22.2. The van der Waals surface area contributed by atoms with Crippen LogP contribution in [0.15, 0.2) is 78.9 Å². The van der Waals surface area contributed by atoms with Gasteiger partial charge in [0.15, 0.2) is 0 Å². The monoisotopic (exact) mass is 421 g/mol. The van der Waals surface area contributed by atoms with Gasteiger partial charge in [0.05, 0.1) is 31.0 Å². The molecule has 32 heavy (non-hydrogen) atoms. The normalized spacial score (nSPS) is 11.1. The van der Waals surface area contributed by atoms with Gasteiger partial charge in [-0.2, -0.15) is 0 Å². The average Bonchev–Trinajstić information content (AvgIpc) is 2.85. The van der Waals surface area contributed by atoms with E-state index in [0.717, 1.165) is 21.5 Å². The lowest BCUT2D eigenvalue weighted by Crippen LogP contribution is -2.15. The Morgan fingerprint density at radius 1 is 0.688 bits per heavy atom. The van der Waals surface area contributed by atoms with Crippen molar-refractivity contribution in [3.05, 3.63) is 90.0 Å². The highest BCUT2D eigenvalue weighted by molar-refractivity contribution is 6.22. The molecule has 5 nitrogen and oxygen atoms in total. The van der Waals surface area contributed by atoms with Crippen LogP contribution in [0, 0.1) is 0 Å². The molecule has 4 aromatic carbocycles. The molecule has 0 fully saturated rings. The predicted octanol–water partition coefficient (Wildman–Crippen LogP) is 5.78. The maximum absolute atomic E-state index is 13.1. The number of carbonyl (C=O) groups is 2. The Hall–Kier alpha value is -4.25. The van der Waals surface area contributed by atoms with Crippen LogP contribution in [0.3, 0.4) is 0 Å². The van der Waals surface area contributed by atoms with Crippen LogP contribution >= 0.6 is 0 Å². The summed E-state index contributed by atoms with van der Waals surface area (Å²) in [6.45, 7) is 0. The fourth-order valence-corrected chi connectivity index (χ4v) is 4.19. The molecule has 1 heterocycles. The highest BCUT2D eigenvalue weighted by Gasteiger charge is 2.28. The van der Waals surface area contributed by atoms with Crippen molar-refractivity contribution in [1.82, 2.24) is 4.98 Å². The lowest BCUT2D eigenvalue weighted by Gasteiger charge is -2.16. The van der Waals surface area contributed by atoms with Crippen molar-refractivity contribution < 1.29 is 19.1 Å². The van der Waals surface area contributed by atoms with Crippen LogP contribution in [-0.2, 0) is 9.47 Å². The number of esters is 2. The van der Waals surface area contributed by atoms with Gasteiger partial charge in [-0.1, -0.05) is 60.7 Å². The third-order valence-electron chi connectivity index (χ3n) is 5.66. The molecule has 0 N–H and O–H groups in total. The largest absolute Gasteiger partial charge is 0.465 e. The Labute approximate surface area is 184 Å². The highest BCUT2D eigenvalue weighted by Crippen LogP contribution is 2.36. The first-order valence-corrected chi connectivity index (χ1v) is 10.1. The summed E-state index contributed by atoms with van der Waals surface area (Å²) in [6.07, 6.45) is 0. The molecule has 0 radical (unpaired) electrons. The van der Waals surface area contributed by atoms with Crippen molar-refractivity contribution in [1.29, 1.82) is 0 Å². The third-order valence-corrected chi connectivity index (χ3v) is 5.66. The van der Waals surface area contributed by atoms with Gasteiger partial charge in [-0.25, -0.2) is 14.6 Å². The van der Waals surface area contributed by atoms with Crippen molar-refractivity contribution in [2.24, 2.45) is 0 Å². The maximum Gasteiger partial charge on any atom is 0.340 e. The van der Waals surface area contributed by atoms with Crippen LogP contribution in [0.4, 0.5) is 0 Å². The van der Waals surface area contributed by atoms with Crippen molar-refractivity contribution in [2.75, 3.05) is 14.2 Å². The Morgan fingerprint density at radius 2 is 1.31 bits per heavy atom. The smallest absolute Gasteiger partial charge is 0.340 e.